The molecule has 1 rings (SSSR count). The second-order valence-corrected chi connectivity index (χ2v) is 3.37. The Kier molecular flexibility index (Phi) is 3.16. The van der Waals surface area contributed by atoms with E-state index in [1.54, 1.807) is 0 Å². The third-order valence-electron chi connectivity index (χ3n) is 2.19. The van der Waals surface area contributed by atoms with Gasteiger partial charge in [-0.15, -0.1) is 0 Å². The Hall–Kier alpha value is -0.0800. The maximum absolute atomic E-state index is 5.36. The summed E-state index contributed by atoms with van der Waals surface area (Å²) in [6.45, 7) is 4.23. The number of nitrogens with one attached hydrogen (secondary N) is 1. The highest BCUT2D eigenvalue weighted by Crippen LogP contribution is 2.25. The molecule has 2 heteroatoms. The summed E-state index contributed by atoms with van der Waals surface area (Å²) < 4.78 is 0. The Bertz CT molecular complexity index is 87.3. The van der Waals surface area contributed by atoms with Crippen LogP contribution in [0.3, 0.4) is 0 Å². The minimum atomic E-state index is 0.807. The van der Waals surface area contributed by atoms with Crippen LogP contribution in [-0.2, 0) is 0 Å². The van der Waals surface area contributed by atoms with Crippen LogP contribution >= 0.6 is 0 Å². The molecule has 0 aromatic carbocycles. The van der Waals surface area contributed by atoms with Gasteiger partial charge in [0.05, 0.1) is 0 Å². The quantitative estimate of drug-likeness (QED) is 0.568. The summed E-state index contributed by atoms with van der Waals surface area (Å²) in [6, 6.07) is 0.807. The van der Waals surface area contributed by atoms with Crippen molar-refractivity contribution in [1.29, 1.82) is 0 Å². The molecular formula is C8H18N2. The minimum Gasteiger partial charge on any atom is -0.330 e. The van der Waals surface area contributed by atoms with Crippen molar-refractivity contribution in [2.75, 3.05) is 13.1 Å². The first kappa shape index (κ1) is 8.02. The Balaban J connectivity index is 1.86. The number of hydrogen-bond acceptors (Lipinski definition) is 2. The monoisotopic (exact) mass is 142 g/mol. The Morgan fingerprint density at radius 2 is 2.20 bits per heavy atom. The zero-order chi connectivity index (χ0) is 7.40. The number of nitrogens with two attached hydrogens (primary N) is 1. The fraction of sp³-hybridized carbons (Fsp3) is 1.00. The average Bonchev–Trinajstić information content (AvgIpc) is 1.85. The average molecular weight is 142 g/mol. The van der Waals surface area contributed by atoms with Gasteiger partial charge in [-0.1, -0.05) is 6.92 Å². The molecule has 0 spiro atoms. The van der Waals surface area contributed by atoms with Crippen molar-refractivity contribution >= 4 is 0 Å². The summed E-state index contributed by atoms with van der Waals surface area (Å²) >= 11 is 0. The normalized spacial score (nSPS) is 31.8. The molecule has 1 saturated carbocycles. The lowest BCUT2D eigenvalue weighted by molar-refractivity contribution is 0.242. The first-order chi connectivity index (χ1) is 4.83. The van der Waals surface area contributed by atoms with Gasteiger partial charge < -0.3 is 11.1 Å². The molecule has 0 radical (unpaired) electrons. The van der Waals surface area contributed by atoms with E-state index < -0.39 is 0 Å². The Morgan fingerprint density at radius 1 is 1.50 bits per heavy atom. The second kappa shape index (κ2) is 3.94. The number of rotatable bonds is 4. The molecule has 0 aromatic heterocycles. The molecule has 1 aliphatic carbocycles. The molecule has 0 unspecified atom stereocenters. The summed E-state index contributed by atoms with van der Waals surface area (Å²) in [4.78, 5) is 0. The van der Waals surface area contributed by atoms with Gasteiger partial charge in [-0.2, -0.15) is 0 Å². The smallest absolute Gasteiger partial charge is 0.00721 e. The van der Waals surface area contributed by atoms with Gasteiger partial charge in [-0.25, -0.2) is 0 Å². The molecule has 0 amide bonds. The summed E-state index contributed by atoms with van der Waals surface area (Å²) in [5.41, 5.74) is 5.36. The standard InChI is InChI=1S/C8H18N2/c1-7-5-8(6-7)10-4-2-3-9/h7-8,10H,2-6,9H2,1H3. The minimum absolute atomic E-state index is 0.807. The largest absolute Gasteiger partial charge is 0.330 e. The van der Waals surface area contributed by atoms with Gasteiger partial charge in [0.25, 0.3) is 0 Å². The van der Waals surface area contributed by atoms with E-state index >= 15 is 0 Å². The van der Waals surface area contributed by atoms with Crippen LogP contribution in [0, 0.1) is 5.92 Å². The van der Waals surface area contributed by atoms with Crippen molar-refractivity contribution in [2.45, 2.75) is 32.2 Å². The van der Waals surface area contributed by atoms with Crippen molar-refractivity contribution in [2.24, 2.45) is 11.7 Å². The van der Waals surface area contributed by atoms with Gasteiger partial charge in [0.15, 0.2) is 0 Å². The van der Waals surface area contributed by atoms with Crippen LogP contribution in [0.25, 0.3) is 0 Å². The fourth-order valence-electron chi connectivity index (χ4n) is 1.48. The second-order valence-electron chi connectivity index (χ2n) is 3.37. The van der Waals surface area contributed by atoms with Gasteiger partial charge >= 0.3 is 0 Å². The molecule has 1 fully saturated rings. The molecule has 10 heavy (non-hydrogen) atoms. The van der Waals surface area contributed by atoms with Crippen molar-refractivity contribution in [3.05, 3.63) is 0 Å². The van der Waals surface area contributed by atoms with E-state index in [0.717, 1.165) is 31.5 Å². The van der Waals surface area contributed by atoms with E-state index in [1.165, 1.54) is 12.8 Å². The van der Waals surface area contributed by atoms with E-state index in [4.69, 9.17) is 5.73 Å². The van der Waals surface area contributed by atoms with Gasteiger partial charge in [-0.3, -0.25) is 0 Å². The summed E-state index contributed by atoms with van der Waals surface area (Å²) in [5.74, 6) is 0.954. The van der Waals surface area contributed by atoms with Crippen LogP contribution in [0.5, 0.6) is 0 Å². The van der Waals surface area contributed by atoms with Gasteiger partial charge in [-0.05, 0) is 38.3 Å². The SMILES string of the molecule is CC1CC(NCCCN)C1. The highest BCUT2D eigenvalue weighted by molar-refractivity contribution is 4.81. The van der Waals surface area contributed by atoms with Crippen LogP contribution in [0.2, 0.25) is 0 Å². The topological polar surface area (TPSA) is 38.0 Å². The first-order valence-electron chi connectivity index (χ1n) is 4.26. The molecule has 0 saturated heterocycles. The predicted molar refractivity (Wildman–Crippen MR) is 43.9 cm³/mol. The zero-order valence-electron chi connectivity index (χ0n) is 6.77. The molecule has 0 aromatic rings. The van der Waals surface area contributed by atoms with Crippen LogP contribution in [0.4, 0.5) is 0 Å². The van der Waals surface area contributed by atoms with Crippen LogP contribution in [0.1, 0.15) is 26.2 Å². The molecule has 3 N–H and O–H groups in total. The van der Waals surface area contributed by atoms with E-state index in [0.29, 0.717) is 0 Å². The van der Waals surface area contributed by atoms with Crippen molar-refractivity contribution in [3.63, 3.8) is 0 Å². The molecule has 1 aliphatic rings. The summed E-state index contributed by atoms with van der Waals surface area (Å²) in [5, 5.41) is 3.47. The summed E-state index contributed by atoms with van der Waals surface area (Å²) in [6.07, 6.45) is 3.85. The molecule has 60 valence electrons. The molecule has 0 bridgehead atoms. The van der Waals surface area contributed by atoms with Gasteiger partial charge in [0, 0.05) is 6.04 Å². The third kappa shape index (κ3) is 2.27. The highest BCUT2D eigenvalue weighted by Gasteiger charge is 2.23. The predicted octanol–water partition coefficient (Wildman–Crippen LogP) is 0.723. The van der Waals surface area contributed by atoms with Crippen molar-refractivity contribution < 1.29 is 0 Å². The van der Waals surface area contributed by atoms with Crippen molar-refractivity contribution in [1.82, 2.24) is 5.32 Å². The third-order valence-corrected chi connectivity index (χ3v) is 2.19. The van der Waals surface area contributed by atoms with Crippen LogP contribution in [0.15, 0.2) is 0 Å². The lowest BCUT2D eigenvalue weighted by Crippen LogP contribution is -2.40. The Morgan fingerprint density at radius 3 is 2.70 bits per heavy atom. The van der Waals surface area contributed by atoms with E-state index in [1.807, 2.05) is 0 Å². The molecule has 0 atom stereocenters. The van der Waals surface area contributed by atoms with E-state index in [9.17, 15) is 0 Å². The Labute approximate surface area is 63.2 Å². The van der Waals surface area contributed by atoms with Crippen molar-refractivity contribution in [3.8, 4) is 0 Å². The molecule has 2 nitrogen and oxygen atoms in total. The van der Waals surface area contributed by atoms with Gasteiger partial charge in [0.1, 0.15) is 0 Å². The van der Waals surface area contributed by atoms with Gasteiger partial charge in [0.2, 0.25) is 0 Å². The lowest BCUT2D eigenvalue weighted by Gasteiger charge is -2.33. The first-order valence-corrected chi connectivity index (χ1v) is 4.26. The van der Waals surface area contributed by atoms with E-state index in [2.05, 4.69) is 12.2 Å². The fourth-order valence-corrected chi connectivity index (χ4v) is 1.48. The molecule has 0 aliphatic heterocycles. The highest BCUT2D eigenvalue weighted by atomic mass is 14.9. The van der Waals surface area contributed by atoms with E-state index in [-0.39, 0.29) is 0 Å². The molecular weight excluding hydrogens is 124 g/mol. The molecule has 0 heterocycles. The lowest BCUT2D eigenvalue weighted by atomic mass is 9.82. The number of hydrogen-bond donors (Lipinski definition) is 2. The zero-order valence-corrected chi connectivity index (χ0v) is 6.77. The maximum atomic E-state index is 5.36. The van der Waals surface area contributed by atoms with Crippen LogP contribution < -0.4 is 11.1 Å². The summed E-state index contributed by atoms with van der Waals surface area (Å²) in [7, 11) is 0. The van der Waals surface area contributed by atoms with Crippen LogP contribution in [-0.4, -0.2) is 19.1 Å². The maximum Gasteiger partial charge on any atom is 0.00721 e.